The van der Waals surface area contributed by atoms with Gasteiger partial charge in [0.25, 0.3) is 5.91 Å². The van der Waals surface area contributed by atoms with Crippen molar-refractivity contribution in [2.24, 2.45) is 5.92 Å². The summed E-state index contributed by atoms with van der Waals surface area (Å²) >= 11 is 0. The highest BCUT2D eigenvalue weighted by molar-refractivity contribution is 5.94. The second-order valence-electron chi connectivity index (χ2n) is 10.2. The smallest absolute Gasteiger partial charge is 0.416 e. The number of aryl methyl sites for hydroxylation is 2. The van der Waals surface area contributed by atoms with E-state index in [4.69, 9.17) is 4.42 Å². The van der Waals surface area contributed by atoms with Gasteiger partial charge >= 0.3 is 6.18 Å². The van der Waals surface area contributed by atoms with Crippen molar-refractivity contribution in [3.63, 3.8) is 0 Å². The van der Waals surface area contributed by atoms with Crippen LogP contribution in [0.25, 0.3) is 0 Å². The lowest BCUT2D eigenvalue weighted by atomic mass is 9.87. The molecular formula is C29H32F4N2O2. The Morgan fingerprint density at radius 3 is 2.38 bits per heavy atom. The van der Waals surface area contributed by atoms with Gasteiger partial charge in [0.1, 0.15) is 17.3 Å². The maximum Gasteiger partial charge on any atom is 0.416 e. The molecule has 1 fully saturated rings. The highest BCUT2D eigenvalue weighted by Crippen LogP contribution is 2.38. The molecule has 4 nitrogen and oxygen atoms in total. The Bertz CT molecular complexity index is 1210. The fourth-order valence-corrected chi connectivity index (χ4v) is 5.09. The Morgan fingerprint density at radius 2 is 1.78 bits per heavy atom. The normalized spacial score (nSPS) is 18.5. The van der Waals surface area contributed by atoms with Gasteiger partial charge in [0.2, 0.25) is 0 Å². The highest BCUT2D eigenvalue weighted by Gasteiger charge is 2.38. The van der Waals surface area contributed by atoms with Gasteiger partial charge in [-0.05, 0) is 81.1 Å². The molecule has 37 heavy (non-hydrogen) atoms. The summed E-state index contributed by atoms with van der Waals surface area (Å²) < 4.78 is 59.8. The number of halogens is 4. The summed E-state index contributed by atoms with van der Waals surface area (Å²) in [6, 6.07) is 12.7. The van der Waals surface area contributed by atoms with Crippen LogP contribution < -0.4 is 0 Å². The Balaban J connectivity index is 1.63. The van der Waals surface area contributed by atoms with Crippen molar-refractivity contribution >= 4 is 5.91 Å². The molecule has 1 saturated heterocycles. The molecule has 8 heteroatoms. The first kappa shape index (κ1) is 26.9. The first-order valence-electron chi connectivity index (χ1n) is 12.4. The topological polar surface area (TPSA) is 36.7 Å². The molecule has 1 aliphatic rings. The maximum atomic E-state index is 13.5. The van der Waals surface area contributed by atoms with E-state index in [1.807, 2.05) is 33.8 Å². The molecule has 2 atom stereocenters. The molecular weight excluding hydrogens is 484 g/mol. The second-order valence-corrected chi connectivity index (χ2v) is 10.2. The van der Waals surface area contributed by atoms with Gasteiger partial charge < -0.3 is 9.32 Å². The Morgan fingerprint density at radius 1 is 1.08 bits per heavy atom. The van der Waals surface area contributed by atoms with Crippen LogP contribution in [0.4, 0.5) is 17.6 Å². The number of carbonyl (C=O) groups is 1. The van der Waals surface area contributed by atoms with Crippen LogP contribution in [-0.2, 0) is 12.7 Å². The van der Waals surface area contributed by atoms with E-state index >= 15 is 0 Å². The van der Waals surface area contributed by atoms with Crippen LogP contribution >= 0.6 is 0 Å². The molecule has 0 unspecified atom stereocenters. The monoisotopic (exact) mass is 516 g/mol. The number of furan rings is 1. The fraction of sp³-hybridized carbons (Fsp3) is 0.414. The SMILES string of the molecule is Cc1cc(CN2C[C@@H](CN(C(=O)c3ccc(F)cc3)C(C)C)[C@H](c3cccc(C(F)(F)F)c3)C2)oc1C. The van der Waals surface area contributed by atoms with Gasteiger partial charge in [-0.15, -0.1) is 0 Å². The Hall–Kier alpha value is -3.13. The summed E-state index contributed by atoms with van der Waals surface area (Å²) in [5.74, 6) is 0.687. The number of benzene rings is 2. The summed E-state index contributed by atoms with van der Waals surface area (Å²) in [5, 5.41) is 0. The maximum absolute atomic E-state index is 13.5. The van der Waals surface area contributed by atoms with E-state index in [9.17, 15) is 22.4 Å². The molecule has 3 aromatic rings. The molecule has 0 saturated carbocycles. The third-order valence-corrected chi connectivity index (χ3v) is 7.16. The largest absolute Gasteiger partial charge is 0.465 e. The molecule has 2 heterocycles. The molecule has 0 bridgehead atoms. The molecule has 198 valence electrons. The Kier molecular flexibility index (Phi) is 7.78. The van der Waals surface area contributed by atoms with E-state index in [1.165, 1.54) is 36.4 Å². The quantitative estimate of drug-likeness (QED) is 0.323. The molecule has 2 aromatic carbocycles. The third kappa shape index (κ3) is 6.24. The van der Waals surface area contributed by atoms with Crippen molar-refractivity contribution in [3.8, 4) is 0 Å². The van der Waals surface area contributed by atoms with E-state index in [1.54, 1.807) is 11.0 Å². The van der Waals surface area contributed by atoms with Gasteiger partial charge in [0.15, 0.2) is 0 Å². The predicted octanol–water partition coefficient (Wildman–Crippen LogP) is 6.82. The lowest BCUT2D eigenvalue weighted by molar-refractivity contribution is -0.137. The van der Waals surface area contributed by atoms with Crippen LogP contribution in [-0.4, -0.2) is 41.4 Å². The lowest BCUT2D eigenvalue weighted by Gasteiger charge is -2.32. The fourth-order valence-electron chi connectivity index (χ4n) is 5.09. The van der Waals surface area contributed by atoms with Gasteiger partial charge in [-0.2, -0.15) is 13.2 Å². The minimum atomic E-state index is -4.43. The van der Waals surface area contributed by atoms with Crippen LogP contribution in [0.3, 0.4) is 0 Å². The molecule has 0 spiro atoms. The van der Waals surface area contributed by atoms with Gasteiger partial charge in [-0.1, -0.05) is 18.2 Å². The van der Waals surface area contributed by atoms with Gasteiger partial charge in [0, 0.05) is 37.2 Å². The van der Waals surface area contributed by atoms with Crippen molar-refractivity contribution in [1.82, 2.24) is 9.80 Å². The van der Waals surface area contributed by atoms with Crippen LogP contribution in [0.15, 0.2) is 59.0 Å². The van der Waals surface area contributed by atoms with Gasteiger partial charge in [0.05, 0.1) is 12.1 Å². The number of carbonyl (C=O) groups excluding carboxylic acids is 1. The lowest BCUT2D eigenvalue weighted by Crippen LogP contribution is -2.42. The van der Waals surface area contributed by atoms with E-state index in [0.29, 0.717) is 37.3 Å². The molecule has 0 aliphatic carbocycles. The summed E-state index contributed by atoms with van der Waals surface area (Å²) in [7, 11) is 0. The zero-order chi connectivity index (χ0) is 26.9. The van der Waals surface area contributed by atoms with Gasteiger partial charge in [-0.3, -0.25) is 9.69 Å². The molecule has 1 aliphatic heterocycles. The number of amides is 1. The number of nitrogens with zero attached hydrogens (tertiary/aromatic N) is 2. The number of hydrogen-bond acceptors (Lipinski definition) is 3. The standard InChI is InChI=1S/C29H32F4N2O2/c1-18(2)35(28(36)21-8-10-25(30)11-9-21)15-23-14-34(16-26-12-19(3)20(4)37-26)17-27(23)22-6-5-7-24(13-22)29(31,32)33/h5-13,18,23,27H,14-17H2,1-4H3/t23-,27-/m0/s1. The van der Waals surface area contributed by atoms with Crippen molar-refractivity contribution in [2.45, 2.75) is 52.4 Å². The average molecular weight is 517 g/mol. The third-order valence-electron chi connectivity index (χ3n) is 7.16. The van der Waals surface area contributed by atoms with Crippen molar-refractivity contribution in [3.05, 3.63) is 94.2 Å². The molecule has 1 aromatic heterocycles. The number of hydrogen-bond donors (Lipinski definition) is 0. The molecule has 4 rings (SSSR count). The van der Waals surface area contributed by atoms with E-state index in [2.05, 4.69) is 4.90 Å². The zero-order valence-electron chi connectivity index (χ0n) is 21.5. The predicted molar refractivity (Wildman–Crippen MR) is 134 cm³/mol. The molecule has 1 amide bonds. The van der Waals surface area contributed by atoms with E-state index < -0.39 is 17.6 Å². The highest BCUT2D eigenvalue weighted by atomic mass is 19.4. The van der Waals surface area contributed by atoms with Crippen LogP contribution in [0.1, 0.15) is 58.3 Å². The van der Waals surface area contributed by atoms with Gasteiger partial charge in [-0.25, -0.2) is 4.39 Å². The Labute approximate surface area is 214 Å². The summed E-state index contributed by atoms with van der Waals surface area (Å²) in [5.41, 5.74) is 1.35. The summed E-state index contributed by atoms with van der Waals surface area (Å²) in [4.78, 5) is 17.3. The number of likely N-dealkylation sites (tertiary alicyclic amines) is 1. The first-order valence-corrected chi connectivity index (χ1v) is 12.4. The number of rotatable bonds is 7. The van der Waals surface area contributed by atoms with Crippen LogP contribution in [0.5, 0.6) is 0 Å². The van der Waals surface area contributed by atoms with Crippen LogP contribution in [0.2, 0.25) is 0 Å². The minimum absolute atomic E-state index is 0.104. The second kappa shape index (κ2) is 10.7. The first-order chi connectivity index (χ1) is 17.4. The molecule has 0 N–H and O–H groups in total. The van der Waals surface area contributed by atoms with Crippen LogP contribution in [0, 0.1) is 25.6 Å². The minimum Gasteiger partial charge on any atom is -0.465 e. The molecule has 0 radical (unpaired) electrons. The van der Waals surface area contributed by atoms with Crippen molar-refractivity contribution in [2.75, 3.05) is 19.6 Å². The van der Waals surface area contributed by atoms with Crippen molar-refractivity contribution in [1.29, 1.82) is 0 Å². The van der Waals surface area contributed by atoms with E-state index in [0.717, 1.165) is 23.2 Å². The van der Waals surface area contributed by atoms with Crippen molar-refractivity contribution < 1.29 is 26.8 Å². The summed E-state index contributed by atoms with van der Waals surface area (Å²) in [6.45, 7) is 9.72. The zero-order valence-corrected chi connectivity index (χ0v) is 21.5. The van der Waals surface area contributed by atoms with E-state index in [-0.39, 0.29) is 23.8 Å². The number of alkyl halides is 3. The average Bonchev–Trinajstić information content (AvgIpc) is 3.38. The summed E-state index contributed by atoms with van der Waals surface area (Å²) in [6.07, 6.45) is -4.43.